The van der Waals surface area contributed by atoms with Crippen molar-refractivity contribution >= 4 is 17.5 Å². The molecule has 0 aliphatic carbocycles. The third-order valence-electron chi connectivity index (χ3n) is 7.54. The summed E-state index contributed by atoms with van der Waals surface area (Å²) in [6.07, 6.45) is 3.44. The number of hydrogen-bond donors (Lipinski definition) is 1. The molecule has 0 unspecified atom stereocenters. The van der Waals surface area contributed by atoms with Crippen LogP contribution in [0.5, 0.6) is 5.75 Å². The molecule has 192 valence electrons. The topological polar surface area (TPSA) is 64.7 Å². The van der Waals surface area contributed by atoms with Crippen molar-refractivity contribution in [2.45, 2.75) is 53.0 Å². The van der Waals surface area contributed by atoms with E-state index in [1.165, 1.54) is 0 Å². The highest BCUT2D eigenvalue weighted by molar-refractivity contribution is 6.31. The molecular weight excluding hydrogens is 462 g/mol. The maximum atomic E-state index is 13.4. The zero-order valence-corrected chi connectivity index (χ0v) is 22.5. The van der Waals surface area contributed by atoms with E-state index in [0.717, 1.165) is 98.6 Å². The number of aromatic amines is 1. The highest BCUT2D eigenvalue weighted by Crippen LogP contribution is 2.36. The SMILES string of the molecule is CCc1nc(CN2CCC[C@@](COc3ccc(Cl)c(C)c3)(CC(=O)N3CCN(C)CC3)C2)c(C)[nH]1. The number of halogens is 1. The zero-order chi connectivity index (χ0) is 25.0. The van der Waals surface area contributed by atoms with E-state index in [0.29, 0.717) is 13.0 Å². The molecule has 0 saturated carbocycles. The number of imidazole rings is 1. The van der Waals surface area contributed by atoms with Gasteiger partial charge in [0.25, 0.3) is 0 Å². The molecule has 2 aliphatic rings. The molecule has 8 heteroatoms. The van der Waals surface area contributed by atoms with Gasteiger partial charge in [0.15, 0.2) is 0 Å². The maximum Gasteiger partial charge on any atom is 0.223 e. The molecule has 7 nitrogen and oxygen atoms in total. The van der Waals surface area contributed by atoms with Crippen molar-refractivity contribution < 1.29 is 9.53 Å². The summed E-state index contributed by atoms with van der Waals surface area (Å²) in [6.45, 7) is 12.8. The van der Waals surface area contributed by atoms with E-state index in [9.17, 15) is 4.79 Å². The molecule has 3 heterocycles. The molecule has 0 bridgehead atoms. The average Bonchev–Trinajstić information content (AvgIpc) is 3.19. The van der Waals surface area contributed by atoms with Crippen molar-refractivity contribution in [3.63, 3.8) is 0 Å². The Morgan fingerprint density at radius 2 is 1.97 bits per heavy atom. The monoisotopic (exact) mass is 501 g/mol. The molecule has 35 heavy (non-hydrogen) atoms. The number of hydrogen-bond acceptors (Lipinski definition) is 5. The largest absolute Gasteiger partial charge is 0.493 e. The summed E-state index contributed by atoms with van der Waals surface area (Å²) in [4.78, 5) is 28.4. The van der Waals surface area contributed by atoms with Crippen LogP contribution in [0.4, 0.5) is 0 Å². The Morgan fingerprint density at radius 3 is 2.66 bits per heavy atom. The number of H-pyrrole nitrogens is 1. The van der Waals surface area contributed by atoms with E-state index in [-0.39, 0.29) is 11.3 Å². The van der Waals surface area contributed by atoms with E-state index in [1.54, 1.807) is 0 Å². The fraction of sp³-hybridized carbons (Fsp3) is 0.630. The van der Waals surface area contributed by atoms with Crippen LogP contribution in [0.25, 0.3) is 0 Å². The smallest absolute Gasteiger partial charge is 0.223 e. The number of carbonyl (C=O) groups is 1. The van der Waals surface area contributed by atoms with E-state index >= 15 is 0 Å². The minimum absolute atomic E-state index is 0.232. The van der Waals surface area contributed by atoms with Crippen LogP contribution in [-0.4, -0.2) is 83.5 Å². The van der Waals surface area contributed by atoms with Crippen molar-refractivity contribution in [2.75, 3.05) is 52.9 Å². The van der Waals surface area contributed by atoms with Gasteiger partial charge < -0.3 is 19.5 Å². The van der Waals surface area contributed by atoms with Gasteiger partial charge in [-0.3, -0.25) is 9.69 Å². The Balaban J connectivity index is 1.50. The first-order valence-corrected chi connectivity index (χ1v) is 13.3. The number of rotatable bonds is 8. The van der Waals surface area contributed by atoms with E-state index < -0.39 is 0 Å². The Morgan fingerprint density at radius 1 is 1.20 bits per heavy atom. The first kappa shape index (κ1) is 26.0. The fourth-order valence-corrected chi connectivity index (χ4v) is 5.40. The number of piperidine rings is 1. The van der Waals surface area contributed by atoms with Gasteiger partial charge in [0.1, 0.15) is 11.6 Å². The number of likely N-dealkylation sites (tertiary alicyclic amines) is 1. The third-order valence-corrected chi connectivity index (χ3v) is 7.96. The van der Waals surface area contributed by atoms with Crippen LogP contribution in [0.15, 0.2) is 18.2 Å². The number of piperazine rings is 1. The van der Waals surface area contributed by atoms with Gasteiger partial charge in [-0.05, 0) is 64.0 Å². The zero-order valence-electron chi connectivity index (χ0n) is 21.7. The predicted octanol–water partition coefficient (Wildman–Crippen LogP) is 4.07. The van der Waals surface area contributed by atoms with Gasteiger partial charge in [0.2, 0.25) is 5.91 Å². The summed E-state index contributed by atoms with van der Waals surface area (Å²) in [7, 11) is 2.12. The molecule has 0 spiro atoms. The Labute approximate surface area is 214 Å². The van der Waals surface area contributed by atoms with Crippen molar-refractivity contribution in [2.24, 2.45) is 5.41 Å². The second-order valence-electron chi connectivity index (χ2n) is 10.5. The maximum absolute atomic E-state index is 13.4. The van der Waals surface area contributed by atoms with Crippen LogP contribution in [0.3, 0.4) is 0 Å². The summed E-state index contributed by atoms with van der Waals surface area (Å²) < 4.78 is 6.35. The van der Waals surface area contributed by atoms with Gasteiger partial charge in [-0.15, -0.1) is 0 Å². The van der Waals surface area contributed by atoms with Crippen molar-refractivity contribution in [1.82, 2.24) is 24.7 Å². The third kappa shape index (κ3) is 6.57. The van der Waals surface area contributed by atoms with Gasteiger partial charge in [-0.25, -0.2) is 4.98 Å². The number of carbonyl (C=O) groups excluding carboxylic acids is 1. The predicted molar refractivity (Wildman–Crippen MR) is 140 cm³/mol. The lowest BCUT2D eigenvalue weighted by Crippen LogP contribution is -2.52. The molecule has 4 rings (SSSR count). The van der Waals surface area contributed by atoms with Gasteiger partial charge in [0.05, 0.1) is 12.3 Å². The average molecular weight is 502 g/mol. The highest BCUT2D eigenvalue weighted by Gasteiger charge is 2.40. The first-order chi connectivity index (χ1) is 16.8. The number of nitrogens with zero attached hydrogens (tertiary/aromatic N) is 4. The summed E-state index contributed by atoms with van der Waals surface area (Å²) >= 11 is 6.22. The number of likely N-dealkylation sites (N-methyl/N-ethyl adjacent to an activating group) is 1. The van der Waals surface area contributed by atoms with Crippen LogP contribution in [0.2, 0.25) is 5.02 Å². The van der Waals surface area contributed by atoms with Crippen molar-refractivity contribution in [3.05, 3.63) is 46.0 Å². The van der Waals surface area contributed by atoms with E-state index in [2.05, 4.69) is 35.7 Å². The van der Waals surface area contributed by atoms with Crippen LogP contribution >= 0.6 is 11.6 Å². The van der Waals surface area contributed by atoms with Gasteiger partial charge in [-0.2, -0.15) is 0 Å². The Bertz CT molecular complexity index is 1020. The van der Waals surface area contributed by atoms with Crippen molar-refractivity contribution in [3.8, 4) is 5.75 Å². The molecule has 1 atom stereocenters. The van der Waals surface area contributed by atoms with E-state index in [4.69, 9.17) is 21.3 Å². The molecule has 2 saturated heterocycles. The Kier molecular flexibility index (Phi) is 8.40. The number of aryl methyl sites for hydroxylation is 3. The molecule has 1 aromatic carbocycles. The lowest BCUT2D eigenvalue weighted by atomic mass is 9.77. The summed E-state index contributed by atoms with van der Waals surface area (Å²) in [6, 6.07) is 5.79. The summed E-state index contributed by atoms with van der Waals surface area (Å²) in [5, 5.41) is 0.738. The number of aromatic nitrogens is 2. The van der Waals surface area contributed by atoms with Crippen molar-refractivity contribution in [1.29, 1.82) is 0 Å². The number of amides is 1. The number of benzene rings is 1. The summed E-state index contributed by atoms with van der Waals surface area (Å²) in [5.74, 6) is 2.10. The molecular formula is C27H40ClN5O2. The second kappa shape index (κ2) is 11.3. The Hall–Kier alpha value is -2.09. The molecule has 2 aliphatic heterocycles. The molecule has 1 N–H and O–H groups in total. The van der Waals surface area contributed by atoms with Gasteiger partial charge >= 0.3 is 0 Å². The van der Waals surface area contributed by atoms with Gasteiger partial charge in [0, 0.05) is 68.2 Å². The van der Waals surface area contributed by atoms with Crippen LogP contribution in [0.1, 0.15) is 49.0 Å². The molecule has 1 amide bonds. The molecule has 0 radical (unpaired) electrons. The first-order valence-electron chi connectivity index (χ1n) is 12.9. The standard InChI is InChI=1S/C27H40ClN5O2/c1-5-25-29-21(3)24(30-25)17-32-10-6-9-27(18-32,16-26(34)33-13-11-31(4)12-14-33)19-35-22-7-8-23(28)20(2)15-22/h7-8,15H,5-6,9-14,16-19H2,1-4H3,(H,29,30)/t27-/m1/s1. The lowest BCUT2D eigenvalue weighted by molar-refractivity contribution is -0.137. The fourth-order valence-electron chi connectivity index (χ4n) is 5.29. The molecule has 1 aromatic heterocycles. The lowest BCUT2D eigenvalue weighted by Gasteiger charge is -2.43. The summed E-state index contributed by atoms with van der Waals surface area (Å²) in [5.41, 5.74) is 3.01. The second-order valence-corrected chi connectivity index (χ2v) is 10.9. The van der Waals surface area contributed by atoms with Crippen LogP contribution in [-0.2, 0) is 17.8 Å². The normalized spacial score (nSPS) is 21.9. The molecule has 2 fully saturated rings. The molecule has 2 aromatic rings. The minimum atomic E-state index is -0.232. The minimum Gasteiger partial charge on any atom is -0.493 e. The highest BCUT2D eigenvalue weighted by atomic mass is 35.5. The van der Waals surface area contributed by atoms with E-state index in [1.807, 2.05) is 30.0 Å². The van der Waals surface area contributed by atoms with Crippen LogP contribution < -0.4 is 4.74 Å². The quantitative estimate of drug-likeness (QED) is 0.590. The number of nitrogens with one attached hydrogen (secondary N) is 1. The van der Waals surface area contributed by atoms with Gasteiger partial charge in [-0.1, -0.05) is 18.5 Å². The van der Waals surface area contributed by atoms with Crippen LogP contribution in [0, 0.1) is 19.3 Å². The number of ether oxygens (including phenoxy) is 1.